The first-order chi connectivity index (χ1) is 7.68. The molecule has 0 spiro atoms. The first-order valence-corrected chi connectivity index (χ1v) is 4.64. The van der Waals surface area contributed by atoms with Crippen LogP contribution in [-0.2, 0) is 6.54 Å². The molecule has 2 aromatic heterocycles. The Morgan fingerprint density at radius 1 is 1.31 bits per heavy atom. The Balaban J connectivity index is 2.46. The number of aromatic nitrogens is 1. The molecule has 0 aromatic carbocycles. The Labute approximate surface area is 90.6 Å². The van der Waals surface area contributed by atoms with Crippen molar-refractivity contribution in [3.8, 4) is 0 Å². The standard InChI is InChI=1S/C11H9NO4/c13-10-5-1-4-9(11(14)15)12(10)7-8-3-2-6-16-8/h1-6H,7H2,(H,14,15). The second kappa shape index (κ2) is 4.06. The van der Waals surface area contributed by atoms with Gasteiger partial charge in [-0.15, -0.1) is 0 Å². The molecule has 0 aliphatic heterocycles. The molecule has 2 aromatic rings. The number of carboxylic acid groups (broad SMARTS) is 1. The average Bonchev–Trinajstić information content (AvgIpc) is 2.73. The molecule has 82 valence electrons. The lowest BCUT2D eigenvalue weighted by atomic mass is 10.3. The number of carbonyl (C=O) groups is 1. The second-order valence-electron chi connectivity index (χ2n) is 3.22. The van der Waals surface area contributed by atoms with Gasteiger partial charge in [-0.1, -0.05) is 6.07 Å². The average molecular weight is 219 g/mol. The molecule has 0 aliphatic carbocycles. The minimum Gasteiger partial charge on any atom is -0.477 e. The number of hydrogen-bond donors (Lipinski definition) is 1. The van der Waals surface area contributed by atoms with Gasteiger partial charge in [-0.05, 0) is 18.2 Å². The summed E-state index contributed by atoms with van der Waals surface area (Å²) in [6, 6.07) is 7.49. The van der Waals surface area contributed by atoms with Crippen LogP contribution in [0.4, 0.5) is 0 Å². The maximum Gasteiger partial charge on any atom is 0.352 e. The summed E-state index contributed by atoms with van der Waals surface area (Å²) in [7, 11) is 0. The van der Waals surface area contributed by atoms with E-state index in [4.69, 9.17) is 9.52 Å². The van der Waals surface area contributed by atoms with Crippen molar-refractivity contribution in [2.45, 2.75) is 6.54 Å². The minimum absolute atomic E-state index is 0.0519. The SMILES string of the molecule is O=C(O)c1cccc(=O)n1Cc1ccco1. The zero-order valence-corrected chi connectivity index (χ0v) is 8.29. The summed E-state index contributed by atoms with van der Waals surface area (Å²) >= 11 is 0. The lowest BCUT2D eigenvalue weighted by molar-refractivity contribution is 0.0683. The minimum atomic E-state index is -1.13. The Kier molecular flexibility index (Phi) is 2.59. The molecule has 16 heavy (non-hydrogen) atoms. The molecule has 0 unspecified atom stereocenters. The van der Waals surface area contributed by atoms with Gasteiger partial charge in [-0.3, -0.25) is 9.36 Å². The van der Waals surface area contributed by atoms with Crippen LogP contribution in [-0.4, -0.2) is 15.6 Å². The molecule has 0 atom stereocenters. The number of aromatic carboxylic acids is 1. The summed E-state index contributed by atoms with van der Waals surface area (Å²) in [5.74, 6) is -0.597. The van der Waals surface area contributed by atoms with Crippen molar-refractivity contribution in [2.75, 3.05) is 0 Å². The predicted molar refractivity (Wildman–Crippen MR) is 55.5 cm³/mol. The summed E-state index contributed by atoms with van der Waals surface area (Å²) in [6.07, 6.45) is 1.48. The van der Waals surface area contributed by atoms with E-state index >= 15 is 0 Å². The lowest BCUT2D eigenvalue weighted by Gasteiger charge is -2.06. The smallest absolute Gasteiger partial charge is 0.352 e. The fourth-order valence-corrected chi connectivity index (χ4v) is 1.43. The van der Waals surface area contributed by atoms with E-state index in [0.717, 1.165) is 4.57 Å². The maximum absolute atomic E-state index is 11.5. The van der Waals surface area contributed by atoms with Crippen molar-refractivity contribution in [3.63, 3.8) is 0 Å². The number of rotatable bonds is 3. The van der Waals surface area contributed by atoms with E-state index in [1.807, 2.05) is 0 Å². The topological polar surface area (TPSA) is 72.4 Å². The van der Waals surface area contributed by atoms with Gasteiger partial charge in [0.25, 0.3) is 5.56 Å². The molecule has 0 fully saturated rings. The van der Waals surface area contributed by atoms with Gasteiger partial charge in [0.05, 0.1) is 12.8 Å². The molecular formula is C11H9NO4. The number of furan rings is 1. The molecule has 0 aliphatic rings. The lowest BCUT2D eigenvalue weighted by Crippen LogP contribution is -2.25. The van der Waals surface area contributed by atoms with Gasteiger partial charge < -0.3 is 9.52 Å². The Bertz CT molecular complexity index is 554. The maximum atomic E-state index is 11.5. The van der Waals surface area contributed by atoms with Gasteiger partial charge in [-0.2, -0.15) is 0 Å². The molecule has 2 heterocycles. The van der Waals surface area contributed by atoms with Crippen molar-refractivity contribution in [1.29, 1.82) is 0 Å². The van der Waals surface area contributed by atoms with Crippen LogP contribution in [0.25, 0.3) is 0 Å². The van der Waals surface area contributed by atoms with Gasteiger partial charge in [0.15, 0.2) is 0 Å². The first-order valence-electron chi connectivity index (χ1n) is 4.64. The highest BCUT2D eigenvalue weighted by Gasteiger charge is 2.11. The van der Waals surface area contributed by atoms with Crippen molar-refractivity contribution in [2.24, 2.45) is 0 Å². The van der Waals surface area contributed by atoms with E-state index in [9.17, 15) is 9.59 Å². The molecule has 1 N–H and O–H groups in total. The van der Waals surface area contributed by atoms with Gasteiger partial charge in [0.1, 0.15) is 11.5 Å². The highest BCUT2D eigenvalue weighted by molar-refractivity contribution is 5.85. The molecular weight excluding hydrogens is 210 g/mol. The molecule has 2 rings (SSSR count). The number of hydrogen-bond acceptors (Lipinski definition) is 3. The fraction of sp³-hybridized carbons (Fsp3) is 0.0909. The largest absolute Gasteiger partial charge is 0.477 e. The van der Waals surface area contributed by atoms with Crippen LogP contribution >= 0.6 is 0 Å². The van der Waals surface area contributed by atoms with Crippen LogP contribution in [0.1, 0.15) is 16.2 Å². The van der Waals surface area contributed by atoms with Crippen LogP contribution in [0.15, 0.2) is 45.8 Å². The summed E-state index contributed by atoms with van der Waals surface area (Å²) in [5.41, 5.74) is -0.416. The summed E-state index contributed by atoms with van der Waals surface area (Å²) in [6.45, 7) is 0.119. The molecule has 0 saturated heterocycles. The zero-order valence-electron chi connectivity index (χ0n) is 8.29. The molecule has 5 heteroatoms. The number of nitrogens with zero attached hydrogens (tertiary/aromatic N) is 1. The highest BCUT2D eigenvalue weighted by Crippen LogP contribution is 2.04. The van der Waals surface area contributed by atoms with Crippen molar-refractivity contribution in [1.82, 2.24) is 4.57 Å². The summed E-state index contributed by atoms with van der Waals surface area (Å²) in [5, 5.41) is 8.93. The zero-order chi connectivity index (χ0) is 11.5. The Hall–Kier alpha value is -2.30. The van der Waals surface area contributed by atoms with Gasteiger partial charge >= 0.3 is 5.97 Å². The predicted octanol–water partition coefficient (Wildman–Crippen LogP) is 1.19. The molecule has 0 radical (unpaired) electrons. The van der Waals surface area contributed by atoms with E-state index in [1.165, 1.54) is 24.5 Å². The van der Waals surface area contributed by atoms with E-state index in [2.05, 4.69) is 0 Å². The monoisotopic (exact) mass is 219 g/mol. The third kappa shape index (κ3) is 1.88. The quantitative estimate of drug-likeness (QED) is 0.841. The van der Waals surface area contributed by atoms with E-state index in [1.54, 1.807) is 12.1 Å². The van der Waals surface area contributed by atoms with Gasteiger partial charge in [0.2, 0.25) is 0 Å². The summed E-state index contributed by atoms with van der Waals surface area (Å²) < 4.78 is 6.23. The number of carboxylic acids is 1. The van der Waals surface area contributed by atoms with Crippen LogP contribution in [0.2, 0.25) is 0 Å². The third-order valence-corrected chi connectivity index (χ3v) is 2.16. The molecule has 5 nitrogen and oxygen atoms in total. The number of pyridine rings is 1. The van der Waals surface area contributed by atoms with Crippen LogP contribution in [0.5, 0.6) is 0 Å². The third-order valence-electron chi connectivity index (χ3n) is 2.16. The van der Waals surface area contributed by atoms with Gasteiger partial charge in [0, 0.05) is 6.07 Å². The Morgan fingerprint density at radius 2 is 2.12 bits per heavy atom. The van der Waals surface area contributed by atoms with E-state index in [-0.39, 0.29) is 17.8 Å². The van der Waals surface area contributed by atoms with Crippen LogP contribution < -0.4 is 5.56 Å². The van der Waals surface area contributed by atoms with Crippen molar-refractivity contribution < 1.29 is 14.3 Å². The second-order valence-corrected chi connectivity index (χ2v) is 3.22. The highest BCUT2D eigenvalue weighted by atomic mass is 16.4. The Morgan fingerprint density at radius 3 is 2.75 bits per heavy atom. The molecule has 0 saturated carbocycles. The van der Waals surface area contributed by atoms with Crippen LogP contribution in [0, 0.1) is 0 Å². The van der Waals surface area contributed by atoms with Crippen molar-refractivity contribution >= 4 is 5.97 Å². The first kappa shape index (κ1) is 10.2. The van der Waals surface area contributed by atoms with Gasteiger partial charge in [-0.25, -0.2) is 4.79 Å². The molecule has 0 amide bonds. The van der Waals surface area contributed by atoms with Crippen LogP contribution in [0.3, 0.4) is 0 Å². The molecule has 0 bridgehead atoms. The van der Waals surface area contributed by atoms with Crippen molar-refractivity contribution in [3.05, 3.63) is 58.4 Å². The summed E-state index contributed by atoms with van der Waals surface area (Å²) in [4.78, 5) is 22.4. The normalized spacial score (nSPS) is 10.2. The van der Waals surface area contributed by atoms with E-state index in [0.29, 0.717) is 5.76 Å². The van der Waals surface area contributed by atoms with E-state index < -0.39 is 5.97 Å². The fourth-order valence-electron chi connectivity index (χ4n) is 1.43.